The standard InChI is InChI=1S/C12H21BrN2/c1-10(7-8-12(13)14)5-4-6-11(2)9-15-3/h5,7-8,11,14-15H,4,6,9H2,1-3H3/b8-7-,10-5+,14-12?. The van der Waals surface area contributed by atoms with Crippen molar-refractivity contribution in [3.05, 3.63) is 23.8 Å². The molecule has 3 heteroatoms. The lowest BCUT2D eigenvalue weighted by atomic mass is 10.0. The Bertz CT molecular complexity index is 244. The van der Waals surface area contributed by atoms with Gasteiger partial charge in [0.05, 0.1) is 4.62 Å². The zero-order chi connectivity index (χ0) is 11.7. The summed E-state index contributed by atoms with van der Waals surface area (Å²) in [6.07, 6.45) is 8.24. The maximum Gasteiger partial charge on any atom is 0.0966 e. The van der Waals surface area contributed by atoms with E-state index >= 15 is 0 Å². The molecule has 15 heavy (non-hydrogen) atoms. The van der Waals surface area contributed by atoms with Gasteiger partial charge in [0.2, 0.25) is 0 Å². The van der Waals surface area contributed by atoms with Crippen LogP contribution in [0.1, 0.15) is 26.7 Å². The van der Waals surface area contributed by atoms with Crippen LogP contribution in [0, 0.1) is 11.3 Å². The molecule has 0 bridgehead atoms. The van der Waals surface area contributed by atoms with Crippen molar-refractivity contribution in [3.63, 3.8) is 0 Å². The first kappa shape index (κ1) is 14.6. The van der Waals surface area contributed by atoms with E-state index < -0.39 is 0 Å². The van der Waals surface area contributed by atoms with E-state index in [1.54, 1.807) is 6.08 Å². The molecule has 0 fully saturated rings. The van der Waals surface area contributed by atoms with Crippen molar-refractivity contribution in [3.8, 4) is 0 Å². The minimum atomic E-state index is 0.416. The topological polar surface area (TPSA) is 35.9 Å². The van der Waals surface area contributed by atoms with Gasteiger partial charge in [-0.1, -0.05) is 24.6 Å². The number of nitrogens with one attached hydrogen (secondary N) is 2. The third-order valence-electron chi connectivity index (χ3n) is 2.17. The van der Waals surface area contributed by atoms with Gasteiger partial charge in [-0.15, -0.1) is 0 Å². The van der Waals surface area contributed by atoms with E-state index in [-0.39, 0.29) is 0 Å². The Balaban J connectivity index is 3.80. The highest BCUT2D eigenvalue weighted by Crippen LogP contribution is 2.07. The fourth-order valence-corrected chi connectivity index (χ4v) is 1.45. The first-order valence-corrected chi connectivity index (χ1v) is 6.09. The average molecular weight is 273 g/mol. The summed E-state index contributed by atoms with van der Waals surface area (Å²) in [7, 11) is 1.99. The summed E-state index contributed by atoms with van der Waals surface area (Å²) in [6, 6.07) is 0. The van der Waals surface area contributed by atoms with Crippen molar-refractivity contribution in [2.24, 2.45) is 5.92 Å². The molecule has 0 aromatic carbocycles. The van der Waals surface area contributed by atoms with Crippen molar-refractivity contribution >= 4 is 20.6 Å². The number of halogens is 1. The van der Waals surface area contributed by atoms with Crippen LogP contribution in [0.4, 0.5) is 0 Å². The summed E-state index contributed by atoms with van der Waals surface area (Å²) in [4.78, 5) is 0. The molecule has 0 saturated carbocycles. The highest BCUT2D eigenvalue weighted by molar-refractivity contribution is 9.18. The Hall–Kier alpha value is -0.410. The molecule has 86 valence electrons. The van der Waals surface area contributed by atoms with Crippen molar-refractivity contribution < 1.29 is 0 Å². The van der Waals surface area contributed by atoms with Crippen LogP contribution < -0.4 is 5.32 Å². The third-order valence-corrected chi connectivity index (χ3v) is 2.44. The molecule has 0 aromatic rings. The molecule has 1 atom stereocenters. The number of rotatable bonds is 7. The van der Waals surface area contributed by atoms with Gasteiger partial charge in [-0.3, -0.25) is 5.41 Å². The predicted octanol–water partition coefficient (Wildman–Crippen LogP) is 3.50. The molecule has 2 N–H and O–H groups in total. The molecule has 0 aliphatic rings. The van der Waals surface area contributed by atoms with Crippen molar-refractivity contribution in [1.82, 2.24) is 5.32 Å². The monoisotopic (exact) mass is 272 g/mol. The molecular weight excluding hydrogens is 252 g/mol. The Morgan fingerprint density at radius 2 is 2.13 bits per heavy atom. The first-order valence-electron chi connectivity index (χ1n) is 5.29. The van der Waals surface area contributed by atoms with E-state index in [1.807, 2.05) is 13.1 Å². The maximum atomic E-state index is 7.18. The van der Waals surface area contributed by atoms with Gasteiger partial charge in [-0.25, -0.2) is 0 Å². The first-order chi connectivity index (χ1) is 7.06. The van der Waals surface area contributed by atoms with Gasteiger partial charge in [0.25, 0.3) is 0 Å². The van der Waals surface area contributed by atoms with Gasteiger partial charge >= 0.3 is 0 Å². The summed E-state index contributed by atoms with van der Waals surface area (Å²) < 4.78 is 0.416. The molecule has 0 saturated heterocycles. The number of hydrogen-bond donors (Lipinski definition) is 2. The third kappa shape index (κ3) is 9.88. The molecule has 0 spiro atoms. The molecule has 0 aromatic heterocycles. The summed E-state index contributed by atoms with van der Waals surface area (Å²) in [6.45, 7) is 5.40. The second-order valence-electron chi connectivity index (χ2n) is 3.87. The van der Waals surface area contributed by atoms with E-state index in [0.29, 0.717) is 4.62 Å². The molecular formula is C12H21BrN2. The van der Waals surface area contributed by atoms with Crippen molar-refractivity contribution in [2.75, 3.05) is 13.6 Å². The Morgan fingerprint density at radius 3 is 2.67 bits per heavy atom. The minimum Gasteiger partial charge on any atom is -0.319 e. The zero-order valence-electron chi connectivity index (χ0n) is 9.81. The zero-order valence-corrected chi connectivity index (χ0v) is 11.4. The summed E-state index contributed by atoms with van der Waals surface area (Å²) in [5.74, 6) is 0.720. The minimum absolute atomic E-state index is 0.416. The second-order valence-corrected chi connectivity index (χ2v) is 4.72. The Labute approximate surface area is 101 Å². The fourth-order valence-electron chi connectivity index (χ4n) is 1.32. The second kappa shape index (κ2) is 8.86. The summed E-state index contributed by atoms with van der Waals surface area (Å²) in [5.41, 5.74) is 1.22. The molecule has 0 amide bonds. The van der Waals surface area contributed by atoms with Crippen molar-refractivity contribution in [2.45, 2.75) is 26.7 Å². The smallest absolute Gasteiger partial charge is 0.0966 e. The SMILES string of the molecule is CNCC(C)CC/C=C(C)/C=C\C(=N)Br. The fraction of sp³-hybridized carbons (Fsp3) is 0.583. The molecule has 1 unspecified atom stereocenters. The van der Waals surface area contributed by atoms with Crippen LogP contribution in [0.25, 0.3) is 0 Å². The van der Waals surface area contributed by atoms with Crippen LogP contribution in [0.5, 0.6) is 0 Å². The molecule has 0 aliphatic heterocycles. The Morgan fingerprint density at radius 1 is 1.47 bits per heavy atom. The molecule has 0 radical (unpaired) electrons. The van der Waals surface area contributed by atoms with E-state index in [2.05, 4.69) is 41.2 Å². The van der Waals surface area contributed by atoms with Gasteiger partial charge in [0, 0.05) is 0 Å². The van der Waals surface area contributed by atoms with E-state index in [9.17, 15) is 0 Å². The van der Waals surface area contributed by atoms with Crippen LogP contribution in [-0.2, 0) is 0 Å². The molecule has 0 aliphatic carbocycles. The quantitative estimate of drug-likeness (QED) is 0.540. The van der Waals surface area contributed by atoms with Crippen LogP contribution in [-0.4, -0.2) is 18.2 Å². The largest absolute Gasteiger partial charge is 0.319 e. The highest BCUT2D eigenvalue weighted by Gasteiger charge is 1.97. The van der Waals surface area contributed by atoms with Crippen LogP contribution in [0.3, 0.4) is 0 Å². The van der Waals surface area contributed by atoms with Gasteiger partial charge < -0.3 is 5.32 Å². The summed E-state index contributed by atoms with van der Waals surface area (Å²) >= 11 is 3.08. The van der Waals surface area contributed by atoms with Crippen LogP contribution in [0.2, 0.25) is 0 Å². The van der Waals surface area contributed by atoms with Gasteiger partial charge in [-0.2, -0.15) is 0 Å². The Kier molecular flexibility index (Phi) is 8.62. The predicted molar refractivity (Wildman–Crippen MR) is 71.9 cm³/mol. The number of hydrogen-bond acceptors (Lipinski definition) is 2. The number of allylic oxidation sites excluding steroid dienone is 4. The lowest BCUT2D eigenvalue weighted by Gasteiger charge is -2.08. The average Bonchev–Trinajstić information content (AvgIpc) is 2.15. The molecule has 2 nitrogen and oxygen atoms in total. The van der Waals surface area contributed by atoms with Gasteiger partial charge in [0.15, 0.2) is 0 Å². The maximum absolute atomic E-state index is 7.18. The van der Waals surface area contributed by atoms with Crippen LogP contribution in [0.15, 0.2) is 23.8 Å². The lowest BCUT2D eigenvalue weighted by molar-refractivity contribution is 0.509. The van der Waals surface area contributed by atoms with E-state index in [0.717, 1.165) is 18.9 Å². The molecule has 0 heterocycles. The van der Waals surface area contributed by atoms with Gasteiger partial charge in [-0.05, 0) is 61.3 Å². The summed E-state index contributed by atoms with van der Waals surface area (Å²) in [5, 5.41) is 10.4. The highest BCUT2D eigenvalue weighted by atomic mass is 79.9. The van der Waals surface area contributed by atoms with Crippen LogP contribution >= 0.6 is 15.9 Å². The van der Waals surface area contributed by atoms with E-state index in [1.165, 1.54) is 12.0 Å². The van der Waals surface area contributed by atoms with Gasteiger partial charge in [0.1, 0.15) is 0 Å². The molecule has 0 rings (SSSR count). The van der Waals surface area contributed by atoms with E-state index in [4.69, 9.17) is 5.41 Å². The van der Waals surface area contributed by atoms with Crippen molar-refractivity contribution in [1.29, 1.82) is 5.41 Å². The normalized spacial score (nSPS) is 14.5. The lowest BCUT2D eigenvalue weighted by Crippen LogP contribution is -2.15.